The number of hydrogen-bond acceptors (Lipinski definition) is 5. The van der Waals surface area contributed by atoms with Crippen LogP contribution in [0.2, 0.25) is 0 Å². The van der Waals surface area contributed by atoms with E-state index in [1.165, 1.54) is 4.80 Å². The molecule has 0 amide bonds. The first-order chi connectivity index (χ1) is 6.79. The summed E-state index contributed by atoms with van der Waals surface area (Å²) in [6, 6.07) is 1.67. The van der Waals surface area contributed by atoms with Crippen molar-refractivity contribution in [2.24, 2.45) is 0 Å². The van der Waals surface area contributed by atoms with E-state index in [1.807, 2.05) is 6.92 Å². The molecule has 0 aliphatic heterocycles. The SMILES string of the molecule is COc1ccnc(-n2ncc(C)n2)n1. The molecule has 0 unspecified atom stereocenters. The maximum Gasteiger partial charge on any atom is 0.271 e. The molecule has 0 radical (unpaired) electrons. The predicted molar refractivity (Wildman–Crippen MR) is 48.2 cm³/mol. The third kappa shape index (κ3) is 1.54. The molecule has 0 saturated carbocycles. The van der Waals surface area contributed by atoms with Gasteiger partial charge in [0.1, 0.15) is 0 Å². The molecule has 72 valence electrons. The van der Waals surface area contributed by atoms with Crippen LogP contribution in [0.15, 0.2) is 18.5 Å². The highest BCUT2D eigenvalue weighted by Crippen LogP contribution is 2.05. The van der Waals surface area contributed by atoms with Gasteiger partial charge in [0.05, 0.1) is 19.0 Å². The lowest BCUT2D eigenvalue weighted by molar-refractivity contribution is 0.395. The smallest absolute Gasteiger partial charge is 0.271 e. The molecule has 2 heterocycles. The summed E-state index contributed by atoms with van der Waals surface area (Å²) >= 11 is 0. The van der Waals surface area contributed by atoms with E-state index in [2.05, 4.69) is 20.2 Å². The summed E-state index contributed by atoms with van der Waals surface area (Å²) in [5, 5.41) is 8.07. The molecule has 0 bridgehead atoms. The van der Waals surface area contributed by atoms with Crippen LogP contribution in [-0.2, 0) is 0 Å². The lowest BCUT2D eigenvalue weighted by atomic mass is 10.6. The predicted octanol–water partition coefficient (Wildman–Crippen LogP) is 0.374. The van der Waals surface area contributed by atoms with Gasteiger partial charge >= 0.3 is 0 Å². The van der Waals surface area contributed by atoms with E-state index in [-0.39, 0.29) is 0 Å². The molecule has 0 N–H and O–H groups in total. The van der Waals surface area contributed by atoms with Crippen molar-refractivity contribution in [1.82, 2.24) is 25.0 Å². The van der Waals surface area contributed by atoms with Crippen LogP contribution in [0.25, 0.3) is 5.95 Å². The van der Waals surface area contributed by atoms with Crippen LogP contribution in [-0.4, -0.2) is 32.1 Å². The van der Waals surface area contributed by atoms with Crippen molar-refractivity contribution in [3.8, 4) is 11.8 Å². The minimum absolute atomic E-state index is 0.400. The zero-order valence-electron chi connectivity index (χ0n) is 7.88. The molecule has 14 heavy (non-hydrogen) atoms. The molecule has 2 rings (SSSR count). The summed E-state index contributed by atoms with van der Waals surface area (Å²) in [7, 11) is 1.55. The Morgan fingerprint density at radius 3 is 2.93 bits per heavy atom. The fourth-order valence-electron chi connectivity index (χ4n) is 0.978. The molecule has 0 fully saturated rings. The Hall–Kier alpha value is -1.98. The standard InChI is InChI=1S/C8H9N5O/c1-6-5-10-13(12-6)8-9-4-3-7(11-8)14-2/h3-5H,1-2H3. The van der Waals surface area contributed by atoms with Crippen LogP contribution >= 0.6 is 0 Å². The quantitative estimate of drug-likeness (QED) is 0.686. The summed E-state index contributed by atoms with van der Waals surface area (Å²) < 4.78 is 4.96. The van der Waals surface area contributed by atoms with Crippen molar-refractivity contribution >= 4 is 0 Å². The average Bonchev–Trinajstić information content (AvgIpc) is 2.65. The van der Waals surface area contributed by atoms with E-state index in [1.54, 1.807) is 25.6 Å². The molecule has 6 heteroatoms. The molecule has 0 atom stereocenters. The highest BCUT2D eigenvalue weighted by atomic mass is 16.5. The Bertz CT molecular complexity index is 439. The van der Waals surface area contributed by atoms with E-state index in [0.717, 1.165) is 5.69 Å². The zero-order chi connectivity index (χ0) is 9.97. The molecule has 6 nitrogen and oxygen atoms in total. The maximum atomic E-state index is 4.96. The van der Waals surface area contributed by atoms with E-state index in [9.17, 15) is 0 Å². The topological polar surface area (TPSA) is 65.7 Å². The number of methoxy groups -OCH3 is 1. The van der Waals surface area contributed by atoms with Crippen LogP contribution in [0, 0.1) is 6.92 Å². The zero-order valence-corrected chi connectivity index (χ0v) is 7.88. The minimum atomic E-state index is 0.400. The van der Waals surface area contributed by atoms with Crippen LogP contribution in [0.3, 0.4) is 0 Å². The molecule has 0 aliphatic carbocycles. The Kier molecular flexibility index (Phi) is 2.10. The minimum Gasteiger partial charge on any atom is -0.481 e. The Labute approximate surface area is 80.6 Å². The Morgan fingerprint density at radius 1 is 1.43 bits per heavy atom. The van der Waals surface area contributed by atoms with Gasteiger partial charge in [0.15, 0.2) is 0 Å². The van der Waals surface area contributed by atoms with Crippen LogP contribution in [0.5, 0.6) is 5.88 Å². The van der Waals surface area contributed by atoms with Gasteiger partial charge in [-0.3, -0.25) is 0 Å². The molecular weight excluding hydrogens is 182 g/mol. The van der Waals surface area contributed by atoms with Gasteiger partial charge in [-0.1, -0.05) is 0 Å². The highest BCUT2D eigenvalue weighted by Gasteiger charge is 2.03. The van der Waals surface area contributed by atoms with Crippen molar-refractivity contribution in [2.75, 3.05) is 7.11 Å². The van der Waals surface area contributed by atoms with Gasteiger partial charge in [0.25, 0.3) is 5.95 Å². The fourth-order valence-corrected chi connectivity index (χ4v) is 0.978. The largest absolute Gasteiger partial charge is 0.481 e. The molecule has 0 saturated heterocycles. The van der Waals surface area contributed by atoms with Gasteiger partial charge in [0, 0.05) is 12.3 Å². The third-order valence-electron chi connectivity index (χ3n) is 1.61. The number of aryl methyl sites for hydroxylation is 1. The lowest BCUT2D eigenvalue weighted by Crippen LogP contribution is -2.05. The van der Waals surface area contributed by atoms with Gasteiger partial charge in [-0.25, -0.2) is 4.98 Å². The van der Waals surface area contributed by atoms with Gasteiger partial charge in [-0.05, 0) is 6.92 Å². The Balaban J connectivity index is 2.41. The molecule has 0 aromatic carbocycles. The van der Waals surface area contributed by atoms with Crippen LogP contribution in [0.1, 0.15) is 5.69 Å². The summed E-state index contributed by atoms with van der Waals surface area (Å²) in [6.07, 6.45) is 3.24. The first kappa shape index (κ1) is 8.61. The van der Waals surface area contributed by atoms with E-state index >= 15 is 0 Å². The normalized spacial score (nSPS) is 10.1. The second kappa shape index (κ2) is 3.41. The van der Waals surface area contributed by atoms with Gasteiger partial charge < -0.3 is 4.74 Å². The van der Waals surface area contributed by atoms with Crippen molar-refractivity contribution in [2.45, 2.75) is 6.92 Å². The van der Waals surface area contributed by atoms with Crippen molar-refractivity contribution in [1.29, 1.82) is 0 Å². The first-order valence-corrected chi connectivity index (χ1v) is 4.06. The van der Waals surface area contributed by atoms with E-state index < -0.39 is 0 Å². The number of ether oxygens (including phenoxy) is 1. The summed E-state index contributed by atoms with van der Waals surface area (Å²) in [5.41, 5.74) is 0.816. The number of aromatic nitrogens is 5. The van der Waals surface area contributed by atoms with Crippen LogP contribution < -0.4 is 4.74 Å². The molecule has 2 aromatic rings. The first-order valence-electron chi connectivity index (χ1n) is 4.06. The highest BCUT2D eigenvalue weighted by molar-refractivity contribution is 5.15. The number of nitrogens with zero attached hydrogens (tertiary/aromatic N) is 5. The number of hydrogen-bond donors (Lipinski definition) is 0. The second-order valence-corrected chi connectivity index (χ2v) is 2.67. The maximum absolute atomic E-state index is 4.96. The van der Waals surface area contributed by atoms with Crippen molar-refractivity contribution in [3.63, 3.8) is 0 Å². The molecule has 0 aliphatic rings. The van der Waals surface area contributed by atoms with Gasteiger partial charge in [0.2, 0.25) is 5.88 Å². The summed E-state index contributed by atoms with van der Waals surface area (Å²) in [5.74, 6) is 0.891. The van der Waals surface area contributed by atoms with Crippen molar-refractivity contribution < 1.29 is 4.74 Å². The number of rotatable bonds is 2. The van der Waals surface area contributed by atoms with Gasteiger partial charge in [-0.15, -0.1) is 4.80 Å². The average molecular weight is 191 g/mol. The lowest BCUT2D eigenvalue weighted by Gasteiger charge is -1.99. The fraction of sp³-hybridized carbons (Fsp3) is 0.250. The molecular formula is C8H9N5O. The van der Waals surface area contributed by atoms with E-state index in [0.29, 0.717) is 11.8 Å². The van der Waals surface area contributed by atoms with Crippen LogP contribution in [0.4, 0.5) is 0 Å². The van der Waals surface area contributed by atoms with E-state index in [4.69, 9.17) is 4.74 Å². The van der Waals surface area contributed by atoms with Gasteiger partial charge in [-0.2, -0.15) is 15.2 Å². The second-order valence-electron chi connectivity index (χ2n) is 2.67. The molecule has 2 aromatic heterocycles. The Morgan fingerprint density at radius 2 is 2.29 bits per heavy atom. The summed E-state index contributed by atoms with van der Waals surface area (Å²) in [6.45, 7) is 1.85. The summed E-state index contributed by atoms with van der Waals surface area (Å²) in [4.78, 5) is 9.46. The third-order valence-corrected chi connectivity index (χ3v) is 1.61. The van der Waals surface area contributed by atoms with Crippen molar-refractivity contribution in [3.05, 3.63) is 24.2 Å². The molecule has 0 spiro atoms. The monoisotopic (exact) mass is 191 g/mol.